The Balaban J connectivity index is 1.29. The minimum absolute atomic E-state index is 0.551. The standard InChI is InChI=1S/C21H21N7/c22-21-18-2-1-3-19(17(18)7-8-23-21)24-12-15-4-5-20(25-13-15)27-10-11-28-16(14-27)6-9-26-28/h1-9,13,24H,10-12,14H2,(H2,22,23). The van der Waals surface area contributed by atoms with Crippen molar-refractivity contribution in [2.45, 2.75) is 19.6 Å². The number of anilines is 3. The SMILES string of the molecule is Nc1nccc2c(NCc3ccc(N4CCn5nccc5C4)nc3)cccc12. The summed E-state index contributed by atoms with van der Waals surface area (Å²) in [7, 11) is 0. The molecule has 28 heavy (non-hydrogen) atoms. The van der Waals surface area contributed by atoms with E-state index in [2.05, 4.69) is 54.2 Å². The van der Waals surface area contributed by atoms with Crippen molar-refractivity contribution in [3.05, 3.63) is 72.3 Å². The van der Waals surface area contributed by atoms with Gasteiger partial charge in [0, 0.05) is 48.1 Å². The summed E-state index contributed by atoms with van der Waals surface area (Å²) in [4.78, 5) is 11.1. The lowest BCUT2D eigenvalue weighted by Gasteiger charge is -2.28. The molecular weight excluding hydrogens is 350 g/mol. The van der Waals surface area contributed by atoms with Gasteiger partial charge in [-0.2, -0.15) is 5.10 Å². The summed E-state index contributed by atoms with van der Waals surface area (Å²) in [6.07, 6.45) is 5.54. The average molecular weight is 371 g/mol. The molecule has 0 radical (unpaired) electrons. The topological polar surface area (TPSA) is 84.9 Å². The maximum Gasteiger partial charge on any atom is 0.131 e. The van der Waals surface area contributed by atoms with Crippen LogP contribution in [0.15, 0.2) is 61.1 Å². The average Bonchev–Trinajstić information content (AvgIpc) is 3.21. The zero-order valence-electron chi connectivity index (χ0n) is 15.4. The van der Waals surface area contributed by atoms with Crippen LogP contribution in [0.4, 0.5) is 17.3 Å². The fourth-order valence-corrected chi connectivity index (χ4v) is 3.67. The molecule has 140 valence electrons. The van der Waals surface area contributed by atoms with Crippen molar-refractivity contribution in [3.8, 4) is 0 Å². The fourth-order valence-electron chi connectivity index (χ4n) is 3.67. The van der Waals surface area contributed by atoms with Crippen molar-refractivity contribution in [1.82, 2.24) is 19.7 Å². The van der Waals surface area contributed by atoms with Crippen molar-refractivity contribution < 1.29 is 0 Å². The third kappa shape index (κ3) is 3.00. The van der Waals surface area contributed by atoms with Gasteiger partial charge in [-0.1, -0.05) is 18.2 Å². The smallest absolute Gasteiger partial charge is 0.131 e. The van der Waals surface area contributed by atoms with Crippen molar-refractivity contribution in [2.24, 2.45) is 0 Å². The molecule has 0 saturated carbocycles. The lowest BCUT2D eigenvalue weighted by atomic mass is 10.1. The molecule has 0 fully saturated rings. The summed E-state index contributed by atoms with van der Waals surface area (Å²) in [5.74, 6) is 1.55. The van der Waals surface area contributed by atoms with Gasteiger partial charge in [0.05, 0.1) is 18.8 Å². The summed E-state index contributed by atoms with van der Waals surface area (Å²) in [5.41, 5.74) is 9.38. The Labute approximate surface area is 162 Å². The number of nitrogens with two attached hydrogens (primary N) is 1. The Hall–Kier alpha value is -3.61. The Morgan fingerprint density at radius 2 is 1.93 bits per heavy atom. The normalized spacial score (nSPS) is 13.5. The molecule has 0 unspecified atom stereocenters. The maximum atomic E-state index is 5.98. The molecule has 1 aliphatic heterocycles. The molecule has 0 amide bonds. The Morgan fingerprint density at radius 3 is 2.82 bits per heavy atom. The van der Waals surface area contributed by atoms with Crippen molar-refractivity contribution in [3.63, 3.8) is 0 Å². The highest BCUT2D eigenvalue weighted by Crippen LogP contribution is 2.26. The van der Waals surface area contributed by atoms with E-state index in [1.54, 1.807) is 6.20 Å². The van der Waals surface area contributed by atoms with E-state index < -0.39 is 0 Å². The minimum atomic E-state index is 0.551. The van der Waals surface area contributed by atoms with E-state index in [1.807, 2.05) is 30.6 Å². The van der Waals surface area contributed by atoms with Gasteiger partial charge in [-0.05, 0) is 29.8 Å². The van der Waals surface area contributed by atoms with Crippen LogP contribution < -0.4 is 16.0 Å². The van der Waals surface area contributed by atoms with Crippen LogP contribution in [0, 0.1) is 0 Å². The van der Waals surface area contributed by atoms with E-state index in [4.69, 9.17) is 5.73 Å². The minimum Gasteiger partial charge on any atom is -0.383 e. The molecule has 0 spiro atoms. The fraction of sp³-hybridized carbons (Fsp3) is 0.190. The van der Waals surface area contributed by atoms with Crippen LogP contribution >= 0.6 is 0 Å². The molecule has 3 aromatic heterocycles. The molecule has 4 heterocycles. The third-order valence-electron chi connectivity index (χ3n) is 5.19. The molecule has 7 heteroatoms. The highest BCUT2D eigenvalue weighted by atomic mass is 15.3. The molecule has 7 nitrogen and oxygen atoms in total. The summed E-state index contributed by atoms with van der Waals surface area (Å²) < 4.78 is 2.06. The summed E-state index contributed by atoms with van der Waals surface area (Å²) in [5, 5.41) is 9.86. The third-order valence-corrected chi connectivity index (χ3v) is 5.19. The Bertz CT molecular complexity index is 1120. The number of benzene rings is 1. The summed E-state index contributed by atoms with van der Waals surface area (Å²) in [6.45, 7) is 3.36. The van der Waals surface area contributed by atoms with Crippen LogP contribution in [0.3, 0.4) is 0 Å². The number of pyridine rings is 2. The zero-order valence-corrected chi connectivity index (χ0v) is 15.4. The van der Waals surface area contributed by atoms with Crippen LogP contribution in [-0.4, -0.2) is 26.3 Å². The van der Waals surface area contributed by atoms with E-state index >= 15 is 0 Å². The molecule has 0 saturated heterocycles. The second-order valence-corrected chi connectivity index (χ2v) is 6.94. The van der Waals surface area contributed by atoms with Crippen molar-refractivity contribution >= 4 is 28.1 Å². The number of nitrogens with zero attached hydrogens (tertiary/aromatic N) is 5. The van der Waals surface area contributed by atoms with Crippen LogP contribution in [-0.2, 0) is 19.6 Å². The lowest BCUT2D eigenvalue weighted by Crippen LogP contribution is -2.34. The predicted molar refractivity (Wildman–Crippen MR) is 111 cm³/mol. The van der Waals surface area contributed by atoms with Gasteiger partial charge < -0.3 is 16.0 Å². The number of aromatic nitrogens is 4. The van der Waals surface area contributed by atoms with Gasteiger partial charge in [0.25, 0.3) is 0 Å². The number of hydrogen-bond donors (Lipinski definition) is 2. The maximum absolute atomic E-state index is 5.98. The monoisotopic (exact) mass is 371 g/mol. The first kappa shape index (κ1) is 16.6. The molecule has 1 aliphatic rings. The second kappa shape index (κ2) is 6.84. The van der Waals surface area contributed by atoms with Crippen molar-refractivity contribution in [2.75, 3.05) is 22.5 Å². The first-order valence-electron chi connectivity index (χ1n) is 9.35. The highest BCUT2D eigenvalue weighted by Gasteiger charge is 2.17. The van der Waals surface area contributed by atoms with E-state index in [1.165, 1.54) is 5.69 Å². The number of fused-ring (bicyclic) bond motifs is 2. The molecule has 0 aliphatic carbocycles. The number of rotatable bonds is 4. The van der Waals surface area contributed by atoms with Crippen LogP contribution in [0.25, 0.3) is 10.8 Å². The second-order valence-electron chi connectivity index (χ2n) is 6.94. The Kier molecular flexibility index (Phi) is 4.05. The molecular formula is C21H21N7. The van der Waals surface area contributed by atoms with E-state index in [9.17, 15) is 0 Å². The van der Waals surface area contributed by atoms with E-state index in [-0.39, 0.29) is 0 Å². The Morgan fingerprint density at radius 1 is 0.964 bits per heavy atom. The highest BCUT2D eigenvalue weighted by molar-refractivity contribution is 5.99. The van der Waals surface area contributed by atoms with Gasteiger partial charge in [-0.25, -0.2) is 9.97 Å². The van der Waals surface area contributed by atoms with Crippen LogP contribution in [0.2, 0.25) is 0 Å². The van der Waals surface area contributed by atoms with E-state index in [0.717, 1.165) is 47.5 Å². The van der Waals surface area contributed by atoms with Gasteiger partial charge in [0.2, 0.25) is 0 Å². The van der Waals surface area contributed by atoms with Crippen molar-refractivity contribution in [1.29, 1.82) is 0 Å². The first-order valence-corrected chi connectivity index (χ1v) is 9.35. The quantitative estimate of drug-likeness (QED) is 0.574. The summed E-state index contributed by atoms with van der Waals surface area (Å²) in [6, 6.07) is 14.3. The number of nitrogens with one attached hydrogen (secondary N) is 1. The molecule has 5 rings (SSSR count). The summed E-state index contributed by atoms with van der Waals surface area (Å²) >= 11 is 0. The van der Waals surface area contributed by atoms with E-state index in [0.29, 0.717) is 12.4 Å². The predicted octanol–water partition coefficient (Wildman–Crippen LogP) is 3.04. The van der Waals surface area contributed by atoms with Crippen LogP contribution in [0.1, 0.15) is 11.3 Å². The molecule has 3 N–H and O–H groups in total. The lowest BCUT2D eigenvalue weighted by molar-refractivity contribution is 0.517. The zero-order chi connectivity index (χ0) is 18.9. The van der Waals surface area contributed by atoms with Gasteiger partial charge in [0.15, 0.2) is 0 Å². The molecule has 0 atom stereocenters. The van der Waals surface area contributed by atoms with Crippen LogP contribution in [0.5, 0.6) is 0 Å². The molecule has 0 bridgehead atoms. The van der Waals surface area contributed by atoms with Gasteiger partial charge in [0.1, 0.15) is 11.6 Å². The largest absolute Gasteiger partial charge is 0.383 e. The van der Waals surface area contributed by atoms with Gasteiger partial charge in [-0.15, -0.1) is 0 Å². The molecule has 4 aromatic rings. The number of hydrogen-bond acceptors (Lipinski definition) is 6. The molecule has 1 aromatic carbocycles. The number of nitrogen functional groups attached to an aromatic ring is 1. The van der Waals surface area contributed by atoms with Gasteiger partial charge >= 0.3 is 0 Å². The van der Waals surface area contributed by atoms with Gasteiger partial charge in [-0.3, -0.25) is 4.68 Å². The first-order chi connectivity index (χ1) is 13.8.